The lowest BCUT2D eigenvalue weighted by molar-refractivity contribution is -0.149. The maximum atomic E-state index is 12.9. The summed E-state index contributed by atoms with van der Waals surface area (Å²) in [6.07, 6.45) is 0.535. The van der Waals surface area contributed by atoms with Crippen LogP contribution in [0.5, 0.6) is 0 Å². The summed E-state index contributed by atoms with van der Waals surface area (Å²) in [6, 6.07) is 7.66. The standard InChI is InChI=1S/C18H22N2O5S/c1-11-7-8-13(15(21)20-14(17(22)23)10-26-16(11)20)19-18(24)25-9-12-5-3-2-4-6-12/h2-6,11,13-14,16H,7-10H2,1H3,(H,19,24)(H,22,23)/t11-,13+,14+,16-/m1/s1. The fourth-order valence-corrected chi connectivity index (χ4v) is 4.91. The molecule has 2 heterocycles. The van der Waals surface area contributed by atoms with E-state index in [0.717, 1.165) is 12.0 Å². The van der Waals surface area contributed by atoms with Crippen molar-refractivity contribution >= 4 is 29.7 Å². The number of amides is 2. The van der Waals surface area contributed by atoms with Gasteiger partial charge < -0.3 is 20.1 Å². The molecule has 2 aliphatic rings. The number of carboxylic acids is 1. The second-order valence-corrected chi connectivity index (χ2v) is 7.79. The number of nitrogens with one attached hydrogen (secondary N) is 1. The van der Waals surface area contributed by atoms with E-state index >= 15 is 0 Å². The van der Waals surface area contributed by atoms with Gasteiger partial charge in [0.15, 0.2) is 0 Å². The molecule has 2 fully saturated rings. The van der Waals surface area contributed by atoms with E-state index in [-0.39, 0.29) is 23.8 Å². The fourth-order valence-electron chi connectivity index (χ4n) is 3.35. The molecule has 2 N–H and O–H groups in total. The summed E-state index contributed by atoms with van der Waals surface area (Å²) >= 11 is 1.50. The Kier molecular flexibility index (Phi) is 5.70. The Morgan fingerprint density at radius 2 is 2.04 bits per heavy atom. The molecule has 0 saturated carbocycles. The zero-order chi connectivity index (χ0) is 18.7. The summed E-state index contributed by atoms with van der Waals surface area (Å²) in [6.45, 7) is 2.13. The molecule has 4 atom stereocenters. The molecule has 0 unspecified atom stereocenters. The number of carbonyl (C=O) groups is 3. The predicted molar refractivity (Wildman–Crippen MR) is 96.5 cm³/mol. The molecule has 8 heteroatoms. The SMILES string of the molecule is C[C@@H]1CC[C@H](NC(=O)OCc2ccccc2)C(=O)N2[C@@H]1SC[C@H]2C(=O)O. The van der Waals surface area contributed by atoms with Crippen LogP contribution in [-0.4, -0.2) is 51.2 Å². The molecular formula is C18H22N2O5S. The van der Waals surface area contributed by atoms with Crippen LogP contribution in [0.25, 0.3) is 0 Å². The second-order valence-electron chi connectivity index (χ2n) is 6.64. The number of rotatable bonds is 4. The molecule has 0 bridgehead atoms. The van der Waals surface area contributed by atoms with Crippen molar-refractivity contribution in [1.29, 1.82) is 0 Å². The first-order chi connectivity index (χ1) is 12.5. The van der Waals surface area contributed by atoms with Crippen LogP contribution in [0.4, 0.5) is 4.79 Å². The Labute approximate surface area is 156 Å². The monoisotopic (exact) mass is 378 g/mol. The average molecular weight is 378 g/mol. The number of carbonyl (C=O) groups excluding carboxylic acids is 2. The van der Waals surface area contributed by atoms with E-state index in [9.17, 15) is 19.5 Å². The number of alkyl carbamates (subject to hydrolysis) is 1. The molecule has 2 saturated heterocycles. The number of hydrogen-bond donors (Lipinski definition) is 2. The highest BCUT2D eigenvalue weighted by atomic mass is 32.2. The van der Waals surface area contributed by atoms with Crippen molar-refractivity contribution in [3.63, 3.8) is 0 Å². The summed E-state index contributed by atoms with van der Waals surface area (Å²) in [5.74, 6) is -0.803. The minimum Gasteiger partial charge on any atom is -0.480 e. The van der Waals surface area contributed by atoms with Crippen LogP contribution < -0.4 is 5.32 Å². The molecule has 7 nitrogen and oxygen atoms in total. The molecule has 2 amide bonds. The number of benzene rings is 1. The molecule has 1 aromatic rings. The third-order valence-corrected chi connectivity index (χ3v) is 6.32. The molecule has 0 aromatic heterocycles. The Bertz CT molecular complexity index is 683. The van der Waals surface area contributed by atoms with E-state index in [2.05, 4.69) is 5.32 Å². The molecule has 0 spiro atoms. The number of thioether (sulfide) groups is 1. The fraction of sp³-hybridized carbons (Fsp3) is 0.500. The maximum absolute atomic E-state index is 12.9. The van der Waals surface area contributed by atoms with Gasteiger partial charge in [-0.15, -0.1) is 11.8 Å². The molecule has 3 rings (SSSR count). The van der Waals surface area contributed by atoms with Gasteiger partial charge in [-0.05, 0) is 24.3 Å². The van der Waals surface area contributed by atoms with E-state index in [4.69, 9.17) is 4.74 Å². The molecule has 0 aliphatic carbocycles. The van der Waals surface area contributed by atoms with E-state index in [1.54, 1.807) is 0 Å². The Balaban J connectivity index is 1.64. The third-order valence-electron chi connectivity index (χ3n) is 4.77. The molecule has 2 aliphatic heterocycles. The lowest BCUT2D eigenvalue weighted by Gasteiger charge is -2.29. The van der Waals surface area contributed by atoms with Gasteiger partial charge in [-0.3, -0.25) is 4.79 Å². The van der Waals surface area contributed by atoms with Crippen LogP contribution in [0.1, 0.15) is 25.3 Å². The molecule has 0 radical (unpaired) electrons. The lowest BCUT2D eigenvalue weighted by Crippen LogP contribution is -2.53. The van der Waals surface area contributed by atoms with Crippen molar-refractivity contribution in [2.45, 2.75) is 43.8 Å². The number of carboxylic acid groups (broad SMARTS) is 1. The second kappa shape index (κ2) is 7.99. The van der Waals surface area contributed by atoms with Gasteiger partial charge in [0.05, 0.1) is 5.37 Å². The van der Waals surface area contributed by atoms with Crippen molar-refractivity contribution in [2.75, 3.05) is 5.75 Å². The Hall–Kier alpha value is -2.22. The normalized spacial score (nSPS) is 28.2. The zero-order valence-electron chi connectivity index (χ0n) is 14.5. The summed E-state index contributed by atoms with van der Waals surface area (Å²) in [7, 11) is 0. The highest BCUT2D eigenvalue weighted by Crippen LogP contribution is 2.38. The first kappa shape index (κ1) is 18.6. The Morgan fingerprint density at radius 1 is 1.31 bits per heavy atom. The minimum absolute atomic E-state index is 0.115. The quantitative estimate of drug-likeness (QED) is 0.833. The Morgan fingerprint density at radius 3 is 2.73 bits per heavy atom. The van der Waals surface area contributed by atoms with Crippen LogP contribution in [0.15, 0.2) is 30.3 Å². The van der Waals surface area contributed by atoms with Gasteiger partial charge in [0.1, 0.15) is 18.7 Å². The van der Waals surface area contributed by atoms with E-state index in [0.29, 0.717) is 12.2 Å². The highest BCUT2D eigenvalue weighted by Gasteiger charge is 2.47. The number of aliphatic carboxylic acids is 1. The van der Waals surface area contributed by atoms with Gasteiger partial charge in [-0.1, -0.05) is 37.3 Å². The smallest absolute Gasteiger partial charge is 0.408 e. The van der Waals surface area contributed by atoms with Crippen LogP contribution in [0.2, 0.25) is 0 Å². The topological polar surface area (TPSA) is 95.9 Å². The summed E-state index contributed by atoms with van der Waals surface area (Å²) < 4.78 is 5.19. The highest BCUT2D eigenvalue weighted by molar-refractivity contribution is 8.00. The minimum atomic E-state index is -1.01. The van der Waals surface area contributed by atoms with Crippen molar-refractivity contribution in [2.24, 2.45) is 5.92 Å². The predicted octanol–water partition coefficient (Wildman–Crippen LogP) is 2.07. The lowest BCUT2D eigenvalue weighted by atomic mass is 10.0. The maximum Gasteiger partial charge on any atom is 0.408 e. The van der Waals surface area contributed by atoms with E-state index in [1.807, 2.05) is 37.3 Å². The number of hydrogen-bond acceptors (Lipinski definition) is 5. The third kappa shape index (κ3) is 3.95. The number of fused-ring (bicyclic) bond motifs is 1. The number of ether oxygens (including phenoxy) is 1. The van der Waals surface area contributed by atoms with Gasteiger partial charge in [0.2, 0.25) is 5.91 Å². The van der Waals surface area contributed by atoms with Gasteiger partial charge in [-0.2, -0.15) is 0 Å². The summed E-state index contributed by atoms with van der Waals surface area (Å²) in [4.78, 5) is 37.9. The van der Waals surface area contributed by atoms with E-state index < -0.39 is 24.1 Å². The van der Waals surface area contributed by atoms with Crippen LogP contribution in [-0.2, 0) is 20.9 Å². The summed E-state index contributed by atoms with van der Waals surface area (Å²) in [5, 5.41) is 11.9. The van der Waals surface area contributed by atoms with Crippen molar-refractivity contribution in [3.8, 4) is 0 Å². The van der Waals surface area contributed by atoms with Crippen molar-refractivity contribution in [3.05, 3.63) is 35.9 Å². The van der Waals surface area contributed by atoms with Crippen molar-refractivity contribution < 1.29 is 24.2 Å². The molecule has 1 aromatic carbocycles. The average Bonchev–Trinajstić information content (AvgIpc) is 3.04. The van der Waals surface area contributed by atoms with Gasteiger partial charge in [-0.25, -0.2) is 9.59 Å². The molecule has 26 heavy (non-hydrogen) atoms. The van der Waals surface area contributed by atoms with Gasteiger partial charge >= 0.3 is 12.1 Å². The van der Waals surface area contributed by atoms with Crippen LogP contribution >= 0.6 is 11.8 Å². The largest absolute Gasteiger partial charge is 0.480 e. The van der Waals surface area contributed by atoms with Crippen LogP contribution in [0.3, 0.4) is 0 Å². The first-order valence-electron chi connectivity index (χ1n) is 8.61. The van der Waals surface area contributed by atoms with Gasteiger partial charge in [0.25, 0.3) is 0 Å². The molecule has 140 valence electrons. The van der Waals surface area contributed by atoms with Gasteiger partial charge in [0, 0.05) is 5.75 Å². The zero-order valence-corrected chi connectivity index (χ0v) is 15.3. The first-order valence-corrected chi connectivity index (χ1v) is 9.66. The van der Waals surface area contributed by atoms with Crippen LogP contribution in [0, 0.1) is 5.92 Å². The summed E-state index contributed by atoms with van der Waals surface area (Å²) in [5.41, 5.74) is 0.852. The van der Waals surface area contributed by atoms with E-state index in [1.165, 1.54) is 16.7 Å². The number of nitrogens with zero attached hydrogens (tertiary/aromatic N) is 1. The van der Waals surface area contributed by atoms with Crippen molar-refractivity contribution in [1.82, 2.24) is 10.2 Å². The molecular weight excluding hydrogens is 356 g/mol.